The summed E-state index contributed by atoms with van der Waals surface area (Å²) in [5.41, 5.74) is 8.91. The van der Waals surface area contributed by atoms with Gasteiger partial charge < -0.3 is 15.6 Å². The molecule has 1 saturated heterocycles. The highest BCUT2D eigenvalue weighted by Gasteiger charge is 2.21. The molecule has 4 heteroatoms. The molecule has 0 bridgehead atoms. The number of rotatable bonds is 2. The molecular formula is C14H20N4. The van der Waals surface area contributed by atoms with Gasteiger partial charge in [-0.05, 0) is 6.07 Å². The van der Waals surface area contributed by atoms with Gasteiger partial charge in [-0.3, -0.25) is 4.90 Å². The SMILES string of the molecule is Cn1cc(C(N)N2CCNCC2)c2ccccc21. The zero-order valence-corrected chi connectivity index (χ0v) is 10.8. The number of piperazine rings is 1. The lowest BCUT2D eigenvalue weighted by molar-refractivity contribution is 0.178. The second-order valence-corrected chi connectivity index (χ2v) is 4.94. The van der Waals surface area contributed by atoms with Crippen molar-refractivity contribution in [1.29, 1.82) is 0 Å². The van der Waals surface area contributed by atoms with Crippen LogP contribution < -0.4 is 11.1 Å². The molecule has 18 heavy (non-hydrogen) atoms. The Morgan fingerprint density at radius 3 is 2.72 bits per heavy atom. The van der Waals surface area contributed by atoms with E-state index in [2.05, 4.69) is 52.3 Å². The van der Waals surface area contributed by atoms with Crippen molar-refractivity contribution in [2.45, 2.75) is 6.17 Å². The molecule has 0 aliphatic carbocycles. The molecule has 0 radical (unpaired) electrons. The number of hydrogen-bond acceptors (Lipinski definition) is 3. The summed E-state index contributed by atoms with van der Waals surface area (Å²) in [5.74, 6) is 0. The van der Waals surface area contributed by atoms with Gasteiger partial charge >= 0.3 is 0 Å². The highest BCUT2D eigenvalue weighted by atomic mass is 15.3. The topological polar surface area (TPSA) is 46.2 Å². The van der Waals surface area contributed by atoms with E-state index in [1.54, 1.807) is 0 Å². The lowest BCUT2D eigenvalue weighted by Crippen LogP contribution is -2.47. The Hall–Kier alpha value is -1.36. The van der Waals surface area contributed by atoms with Gasteiger partial charge in [0.25, 0.3) is 0 Å². The summed E-state index contributed by atoms with van der Waals surface area (Å²) in [5, 5.41) is 4.63. The Kier molecular flexibility index (Phi) is 3.07. The first-order valence-electron chi connectivity index (χ1n) is 6.51. The molecule has 1 aromatic heterocycles. The summed E-state index contributed by atoms with van der Waals surface area (Å²) in [7, 11) is 2.08. The predicted octanol–water partition coefficient (Wildman–Crippen LogP) is 1.04. The van der Waals surface area contributed by atoms with Crippen LogP contribution in [0.3, 0.4) is 0 Å². The van der Waals surface area contributed by atoms with Crippen LogP contribution in [0.2, 0.25) is 0 Å². The average Bonchev–Trinajstić information content (AvgIpc) is 2.77. The van der Waals surface area contributed by atoms with E-state index in [9.17, 15) is 0 Å². The van der Waals surface area contributed by atoms with Crippen molar-refractivity contribution in [3.05, 3.63) is 36.0 Å². The molecule has 1 fully saturated rings. The number of para-hydroxylation sites is 1. The number of aromatic nitrogens is 1. The van der Waals surface area contributed by atoms with Gasteiger partial charge in [0.1, 0.15) is 0 Å². The smallest absolute Gasteiger partial charge is 0.0857 e. The first-order valence-corrected chi connectivity index (χ1v) is 6.51. The lowest BCUT2D eigenvalue weighted by Gasteiger charge is -2.32. The summed E-state index contributed by atoms with van der Waals surface area (Å²) in [6.07, 6.45) is 2.16. The summed E-state index contributed by atoms with van der Waals surface area (Å²) >= 11 is 0. The lowest BCUT2D eigenvalue weighted by atomic mass is 10.1. The second kappa shape index (κ2) is 4.72. The molecule has 3 N–H and O–H groups in total. The number of benzene rings is 1. The van der Waals surface area contributed by atoms with Crippen LogP contribution in [-0.4, -0.2) is 35.6 Å². The van der Waals surface area contributed by atoms with Crippen LogP contribution in [0.25, 0.3) is 10.9 Å². The van der Waals surface area contributed by atoms with E-state index in [0.717, 1.165) is 26.2 Å². The van der Waals surface area contributed by atoms with Crippen LogP contribution in [0, 0.1) is 0 Å². The fraction of sp³-hybridized carbons (Fsp3) is 0.429. The number of nitrogens with one attached hydrogen (secondary N) is 1. The number of nitrogens with two attached hydrogens (primary N) is 1. The van der Waals surface area contributed by atoms with Gasteiger partial charge in [0.15, 0.2) is 0 Å². The van der Waals surface area contributed by atoms with E-state index in [4.69, 9.17) is 5.73 Å². The normalized spacial score (nSPS) is 19.2. The van der Waals surface area contributed by atoms with Crippen molar-refractivity contribution in [2.24, 2.45) is 12.8 Å². The van der Waals surface area contributed by atoms with Crippen molar-refractivity contribution >= 4 is 10.9 Å². The number of nitrogens with zero attached hydrogens (tertiary/aromatic N) is 2. The molecule has 0 saturated carbocycles. The highest BCUT2D eigenvalue weighted by molar-refractivity contribution is 5.84. The Morgan fingerprint density at radius 1 is 1.22 bits per heavy atom. The summed E-state index contributed by atoms with van der Waals surface area (Å²) in [4.78, 5) is 2.35. The van der Waals surface area contributed by atoms with Crippen molar-refractivity contribution in [1.82, 2.24) is 14.8 Å². The molecule has 4 nitrogen and oxygen atoms in total. The van der Waals surface area contributed by atoms with E-state index in [-0.39, 0.29) is 6.17 Å². The summed E-state index contributed by atoms with van der Waals surface area (Å²) < 4.78 is 2.16. The monoisotopic (exact) mass is 244 g/mol. The first-order chi connectivity index (χ1) is 8.77. The molecule has 0 amide bonds. The van der Waals surface area contributed by atoms with Gasteiger partial charge in [-0.15, -0.1) is 0 Å². The maximum Gasteiger partial charge on any atom is 0.0857 e. The van der Waals surface area contributed by atoms with E-state index >= 15 is 0 Å². The molecule has 2 aromatic rings. The van der Waals surface area contributed by atoms with Gasteiger partial charge in [0.2, 0.25) is 0 Å². The van der Waals surface area contributed by atoms with Crippen LogP contribution in [-0.2, 0) is 7.05 Å². The first kappa shape index (κ1) is 11.7. The molecular weight excluding hydrogens is 224 g/mol. The molecule has 3 rings (SSSR count). The third-order valence-corrected chi connectivity index (χ3v) is 3.79. The minimum atomic E-state index is -0.00167. The molecule has 1 aromatic carbocycles. The predicted molar refractivity (Wildman–Crippen MR) is 74.3 cm³/mol. The summed E-state index contributed by atoms with van der Waals surface area (Å²) in [6.45, 7) is 4.09. The quantitative estimate of drug-likeness (QED) is 0.830. The third-order valence-electron chi connectivity index (χ3n) is 3.79. The van der Waals surface area contributed by atoms with Crippen LogP contribution in [0.1, 0.15) is 11.7 Å². The Balaban J connectivity index is 1.98. The van der Waals surface area contributed by atoms with Gasteiger partial charge in [0.05, 0.1) is 6.17 Å². The summed E-state index contributed by atoms with van der Waals surface area (Å²) in [6, 6.07) is 8.45. The molecule has 1 atom stereocenters. The minimum absolute atomic E-state index is 0.00167. The van der Waals surface area contributed by atoms with Crippen LogP contribution in [0.15, 0.2) is 30.5 Å². The number of aryl methyl sites for hydroxylation is 1. The molecule has 0 spiro atoms. The zero-order chi connectivity index (χ0) is 12.5. The van der Waals surface area contributed by atoms with E-state index < -0.39 is 0 Å². The third kappa shape index (κ3) is 1.92. The van der Waals surface area contributed by atoms with E-state index in [1.165, 1.54) is 16.5 Å². The maximum atomic E-state index is 6.43. The molecule has 1 aliphatic rings. The molecule has 1 aliphatic heterocycles. The van der Waals surface area contributed by atoms with E-state index in [0.29, 0.717) is 0 Å². The van der Waals surface area contributed by atoms with Crippen molar-refractivity contribution in [3.63, 3.8) is 0 Å². The van der Waals surface area contributed by atoms with Gasteiger partial charge in [-0.25, -0.2) is 0 Å². The maximum absolute atomic E-state index is 6.43. The van der Waals surface area contributed by atoms with Gasteiger partial charge in [-0.2, -0.15) is 0 Å². The fourth-order valence-corrected chi connectivity index (χ4v) is 2.77. The molecule has 2 heterocycles. The van der Waals surface area contributed by atoms with Crippen molar-refractivity contribution < 1.29 is 0 Å². The van der Waals surface area contributed by atoms with Crippen molar-refractivity contribution in [2.75, 3.05) is 26.2 Å². The van der Waals surface area contributed by atoms with Gasteiger partial charge in [0, 0.05) is 55.9 Å². The Labute approximate surface area is 107 Å². The Bertz CT molecular complexity index is 540. The zero-order valence-electron chi connectivity index (χ0n) is 10.8. The molecule has 1 unspecified atom stereocenters. The van der Waals surface area contributed by atoms with Crippen LogP contribution in [0.5, 0.6) is 0 Å². The van der Waals surface area contributed by atoms with Gasteiger partial charge in [-0.1, -0.05) is 18.2 Å². The van der Waals surface area contributed by atoms with Crippen LogP contribution >= 0.6 is 0 Å². The largest absolute Gasteiger partial charge is 0.350 e. The van der Waals surface area contributed by atoms with Crippen LogP contribution in [0.4, 0.5) is 0 Å². The minimum Gasteiger partial charge on any atom is -0.350 e. The number of hydrogen-bond donors (Lipinski definition) is 2. The average molecular weight is 244 g/mol. The highest BCUT2D eigenvalue weighted by Crippen LogP contribution is 2.26. The second-order valence-electron chi connectivity index (χ2n) is 4.94. The standard InChI is InChI=1S/C14H20N4/c1-17-10-12(11-4-2-3-5-13(11)17)14(15)18-8-6-16-7-9-18/h2-5,10,14,16H,6-9,15H2,1H3. The number of fused-ring (bicyclic) bond motifs is 1. The molecule has 96 valence electrons. The van der Waals surface area contributed by atoms with Crippen molar-refractivity contribution in [3.8, 4) is 0 Å². The van der Waals surface area contributed by atoms with E-state index in [1.807, 2.05) is 0 Å². The Morgan fingerprint density at radius 2 is 1.94 bits per heavy atom. The fourth-order valence-electron chi connectivity index (χ4n) is 2.77.